The van der Waals surface area contributed by atoms with Crippen molar-refractivity contribution in [3.63, 3.8) is 0 Å². The Hall–Kier alpha value is -2.14. The number of aryl methyl sites for hydroxylation is 1. The molecule has 1 amide bonds. The average molecular weight is 340 g/mol. The minimum Gasteiger partial charge on any atom is -0.341 e. The molecule has 134 valence electrons. The summed E-state index contributed by atoms with van der Waals surface area (Å²) in [5.41, 5.74) is 10.9. The Morgan fingerprint density at radius 3 is 2.72 bits per heavy atom. The van der Waals surface area contributed by atoms with Gasteiger partial charge in [-0.2, -0.15) is 5.10 Å². The smallest absolute Gasteiger partial charge is 0.239 e. The highest BCUT2D eigenvalue weighted by molar-refractivity contribution is 5.81. The lowest BCUT2D eigenvalue weighted by molar-refractivity contribution is -0.133. The fourth-order valence-electron chi connectivity index (χ4n) is 3.75. The standard InChI is InChI=1S/C20H28N4O/c1-3-6-18(21)20(25)24-11-9-15(10-12-24)19-17(13-22-23-19)16-8-5-4-7-14(16)2/h4-5,7-8,13,15,18H,3,6,9-12,21H2,1-2H3,(H,22,23)/t18-/m0/s1. The minimum absolute atomic E-state index is 0.101. The number of piperidine rings is 1. The fourth-order valence-corrected chi connectivity index (χ4v) is 3.75. The van der Waals surface area contributed by atoms with Crippen LogP contribution in [0.15, 0.2) is 30.5 Å². The van der Waals surface area contributed by atoms with Crippen LogP contribution in [0.4, 0.5) is 0 Å². The number of nitrogens with one attached hydrogen (secondary N) is 1. The van der Waals surface area contributed by atoms with E-state index in [0.717, 1.165) is 38.8 Å². The van der Waals surface area contributed by atoms with Gasteiger partial charge in [0, 0.05) is 30.3 Å². The molecule has 1 atom stereocenters. The number of aromatic amines is 1. The molecule has 2 heterocycles. The van der Waals surface area contributed by atoms with E-state index < -0.39 is 0 Å². The van der Waals surface area contributed by atoms with Crippen molar-refractivity contribution < 1.29 is 4.79 Å². The first-order chi connectivity index (χ1) is 12.1. The first-order valence-electron chi connectivity index (χ1n) is 9.25. The molecule has 1 fully saturated rings. The molecule has 0 unspecified atom stereocenters. The number of nitrogens with zero attached hydrogens (tertiary/aromatic N) is 2. The highest BCUT2D eigenvalue weighted by Gasteiger charge is 2.28. The summed E-state index contributed by atoms with van der Waals surface area (Å²) >= 11 is 0. The number of hydrogen-bond acceptors (Lipinski definition) is 3. The first-order valence-corrected chi connectivity index (χ1v) is 9.25. The molecule has 25 heavy (non-hydrogen) atoms. The van der Waals surface area contributed by atoms with E-state index in [1.807, 2.05) is 11.1 Å². The summed E-state index contributed by atoms with van der Waals surface area (Å²) in [7, 11) is 0. The van der Waals surface area contributed by atoms with Gasteiger partial charge in [-0.05, 0) is 37.3 Å². The Morgan fingerprint density at radius 2 is 2.04 bits per heavy atom. The van der Waals surface area contributed by atoms with Crippen LogP contribution in [0, 0.1) is 6.92 Å². The van der Waals surface area contributed by atoms with Gasteiger partial charge in [0.15, 0.2) is 0 Å². The molecule has 1 aromatic heterocycles. The van der Waals surface area contributed by atoms with Crippen LogP contribution in [0.2, 0.25) is 0 Å². The molecule has 1 aliphatic heterocycles. The van der Waals surface area contributed by atoms with Crippen molar-refractivity contribution in [3.8, 4) is 11.1 Å². The second kappa shape index (κ2) is 7.83. The predicted octanol–water partition coefficient (Wildman–Crippen LogP) is 3.22. The molecule has 1 saturated heterocycles. The molecule has 0 spiro atoms. The van der Waals surface area contributed by atoms with Crippen LogP contribution in [0.25, 0.3) is 11.1 Å². The van der Waals surface area contributed by atoms with Crippen LogP contribution < -0.4 is 5.73 Å². The SMILES string of the molecule is CCC[C@H](N)C(=O)N1CCC(c2[nH]ncc2-c2ccccc2C)CC1. The van der Waals surface area contributed by atoms with E-state index in [1.54, 1.807) is 0 Å². The van der Waals surface area contributed by atoms with Gasteiger partial charge in [0.25, 0.3) is 0 Å². The quantitative estimate of drug-likeness (QED) is 0.877. The van der Waals surface area contributed by atoms with Crippen molar-refractivity contribution in [3.05, 3.63) is 41.7 Å². The highest BCUT2D eigenvalue weighted by Crippen LogP contribution is 2.35. The van der Waals surface area contributed by atoms with Crippen LogP contribution in [-0.4, -0.2) is 40.1 Å². The number of likely N-dealkylation sites (tertiary alicyclic amines) is 1. The molecule has 5 nitrogen and oxygen atoms in total. The third kappa shape index (κ3) is 3.76. The van der Waals surface area contributed by atoms with Crippen molar-refractivity contribution in [2.75, 3.05) is 13.1 Å². The molecular formula is C20H28N4O. The lowest BCUT2D eigenvalue weighted by Gasteiger charge is -2.33. The van der Waals surface area contributed by atoms with Gasteiger partial charge < -0.3 is 10.6 Å². The van der Waals surface area contributed by atoms with Crippen LogP contribution >= 0.6 is 0 Å². The number of aromatic nitrogens is 2. The molecule has 3 N–H and O–H groups in total. The third-order valence-electron chi connectivity index (χ3n) is 5.24. The van der Waals surface area contributed by atoms with Crippen molar-refractivity contribution in [1.29, 1.82) is 0 Å². The van der Waals surface area contributed by atoms with Crippen molar-refractivity contribution >= 4 is 5.91 Å². The summed E-state index contributed by atoms with van der Waals surface area (Å²) in [6.45, 7) is 5.73. The normalized spacial score (nSPS) is 16.8. The van der Waals surface area contributed by atoms with E-state index >= 15 is 0 Å². The van der Waals surface area contributed by atoms with Crippen LogP contribution in [0.1, 0.15) is 49.8 Å². The van der Waals surface area contributed by atoms with Gasteiger partial charge in [-0.15, -0.1) is 0 Å². The molecule has 0 bridgehead atoms. The Balaban J connectivity index is 1.70. The zero-order chi connectivity index (χ0) is 17.8. The number of amides is 1. The van der Waals surface area contributed by atoms with Gasteiger partial charge >= 0.3 is 0 Å². The number of nitrogens with two attached hydrogens (primary N) is 1. The van der Waals surface area contributed by atoms with E-state index in [2.05, 4.69) is 48.3 Å². The monoisotopic (exact) mass is 340 g/mol. The van der Waals surface area contributed by atoms with Crippen LogP contribution in [0.3, 0.4) is 0 Å². The van der Waals surface area contributed by atoms with Gasteiger partial charge in [0.2, 0.25) is 5.91 Å². The van der Waals surface area contributed by atoms with Crippen molar-refractivity contribution in [1.82, 2.24) is 15.1 Å². The highest BCUT2D eigenvalue weighted by atomic mass is 16.2. The predicted molar refractivity (Wildman–Crippen MR) is 100 cm³/mol. The third-order valence-corrected chi connectivity index (χ3v) is 5.24. The number of carbonyl (C=O) groups excluding carboxylic acids is 1. The van der Waals surface area contributed by atoms with Crippen molar-refractivity contribution in [2.24, 2.45) is 5.73 Å². The summed E-state index contributed by atoms with van der Waals surface area (Å²) in [6.07, 6.45) is 5.53. The van der Waals surface area contributed by atoms with Gasteiger partial charge in [0.1, 0.15) is 0 Å². The lowest BCUT2D eigenvalue weighted by Crippen LogP contribution is -2.46. The zero-order valence-electron chi connectivity index (χ0n) is 15.2. The lowest BCUT2D eigenvalue weighted by atomic mass is 9.88. The number of hydrogen-bond donors (Lipinski definition) is 2. The molecular weight excluding hydrogens is 312 g/mol. The van der Waals surface area contributed by atoms with E-state index in [9.17, 15) is 4.79 Å². The van der Waals surface area contributed by atoms with Gasteiger partial charge in [-0.3, -0.25) is 9.89 Å². The summed E-state index contributed by atoms with van der Waals surface area (Å²) in [4.78, 5) is 14.3. The Bertz CT molecular complexity index is 716. The first kappa shape index (κ1) is 17.7. The summed E-state index contributed by atoms with van der Waals surface area (Å²) in [6, 6.07) is 8.04. The second-order valence-corrected chi connectivity index (χ2v) is 7.01. The molecule has 0 aliphatic carbocycles. The van der Waals surface area contributed by atoms with Gasteiger partial charge in [-0.1, -0.05) is 37.6 Å². The second-order valence-electron chi connectivity index (χ2n) is 7.01. The van der Waals surface area contributed by atoms with E-state index in [4.69, 9.17) is 5.73 Å². The molecule has 5 heteroatoms. The maximum Gasteiger partial charge on any atom is 0.239 e. The number of H-pyrrole nitrogens is 1. The van der Waals surface area contributed by atoms with E-state index in [-0.39, 0.29) is 11.9 Å². The average Bonchev–Trinajstić information content (AvgIpc) is 3.11. The Labute approximate surface area is 149 Å². The number of rotatable bonds is 5. The van der Waals surface area contributed by atoms with Gasteiger partial charge in [-0.25, -0.2) is 0 Å². The molecule has 1 aliphatic rings. The van der Waals surface area contributed by atoms with Crippen LogP contribution in [0.5, 0.6) is 0 Å². The number of carbonyl (C=O) groups is 1. The maximum absolute atomic E-state index is 12.4. The Kier molecular flexibility index (Phi) is 5.53. The maximum atomic E-state index is 12.4. The van der Waals surface area contributed by atoms with E-state index in [0.29, 0.717) is 5.92 Å². The largest absolute Gasteiger partial charge is 0.341 e. The molecule has 2 aromatic rings. The van der Waals surface area contributed by atoms with Crippen LogP contribution in [-0.2, 0) is 4.79 Å². The topological polar surface area (TPSA) is 75.0 Å². The fraction of sp³-hybridized carbons (Fsp3) is 0.500. The minimum atomic E-state index is -0.351. The molecule has 1 aromatic carbocycles. The van der Waals surface area contributed by atoms with Crippen molar-refractivity contribution in [2.45, 2.75) is 51.5 Å². The summed E-state index contributed by atoms with van der Waals surface area (Å²) < 4.78 is 0. The molecule has 3 rings (SSSR count). The molecule has 0 saturated carbocycles. The van der Waals surface area contributed by atoms with E-state index in [1.165, 1.54) is 22.4 Å². The number of benzene rings is 1. The van der Waals surface area contributed by atoms with Gasteiger partial charge in [0.05, 0.1) is 12.2 Å². The molecule has 0 radical (unpaired) electrons. The summed E-state index contributed by atoms with van der Waals surface area (Å²) in [5.74, 6) is 0.507. The Morgan fingerprint density at radius 1 is 1.32 bits per heavy atom. The summed E-state index contributed by atoms with van der Waals surface area (Å²) in [5, 5.41) is 7.51. The zero-order valence-corrected chi connectivity index (χ0v) is 15.2.